The third kappa shape index (κ3) is 5.85. The maximum atomic E-state index is 3.44. The molecule has 0 spiro atoms. The Hall–Kier alpha value is -0.860. The maximum Gasteiger partial charge on any atom is 0.0104 e. The predicted octanol–water partition coefficient (Wildman–Crippen LogP) is 2.47. The van der Waals surface area contributed by atoms with Gasteiger partial charge in [0, 0.05) is 25.7 Å². The monoisotopic (exact) mass is 234 g/mol. The molecule has 1 aromatic carbocycles. The minimum atomic E-state index is 0.583. The van der Waals surface area contributed by atoms with Crippen LogP contribution >= 0.6 is 0 Å². The molecular weight excluding hydrogens is 208 g/mol. The predicted molar refractivity (Wildman–Crippen MR) is 75.5 cm³/mol. The summed E-state index contributed by atoms with van der Waals surface area (Å²) in [6.45, 7) is 9.88. The van der Waals surface area contributed by atoms with E-state index in [0.29, 0.717) is 6.04 Å². The standard InChI is InChI=1S/C15H26N2/c1-13(2)16-10-12-17(4)11-9-15-8-6-5-7-14(15)3/h5-8,13,16H,9-12H2,1-4H3. The van der Waals surface area contributed by atoms with Crippen LogP contribution in [-0.4, -0.2) is 37.6 Å². The Morgan fingerprint density at radius 2 is 1.88 bits per heavy atom. The van der Waals surface area contributed by atoms with Crippen LogP contribution in [0.4, 0.5) is 0 Å². The molecule has 0 amide bonds. The Morgan fingerprint density at radius 3 is 2.53 bits per heavy atom. The van der Waals surface area contributed by atoms with Crippen molar-refractivity contribution in [1.82, 2.24) is 10.2 Å². The van der Waals surface area contributed by atoms with Gasteiger partial charge in [0.15, 0.2) is 0 Å². The summed E-state index contributed by atoms with van der Waals surface area (Å²) in [5.41, 5.74) is 2.87. The minimum absolute atomic E-state index is 0.583. The van der Waals surface area contributed by atoms with E-state index in [1.807, 2.05) is 0 Å². The topological polar surface area (TPSA) is 15.3 Å². The quantitative estimate of drug-likeness (QED) is 0.779. The summed E-state index contributed by atoms with van der Waals surface area (Å²) in [7, 11) is 2.19. The lowest BCUT2D eigenvalue weighted by Gasteiger charge is -2.18. The van der Waals surface area contributed by atoms with Crippen LogP contribution in [0.25, 0.3) is 0 Å². The molecule has 0 radical (unpaired) electrons. The molecule has 0 heterocycles. The van der Waals surface area contributed by atoms with E-state index < -0.39 is 0 Å². The molecule has 0 fully saturated rings. The van der Waals surface area contributed by atoms with E-state index in [0.717, 1.165) is 26.1 Å². The number of likely N-dealkylation sites (N-methyl/N-ethyl adjacent to an activating group) is 1. The van der Waals surface area contributed by atoms with Crippen molar-refractivity contribution in [2.24, 2.45) is 0 Å². The van der Waals surface area contributed by atoms with Gasteiger partial charge in [0.25, 0.3) is 0 Å². The summed E-state index contributed by atoms with van der Waals surface area (Å²) in [4.78, 5) is 2.39. The summed E-state index contributed by atoms with van der Waals surface area (Å²) in [5.74, 6) is 0. The molecule has 2 heteroatoms. The van der Waals surface area contributed by atoms with Crippen molar-refractivity contribution in [1.29, 1.82) is 0 Å². The van der Waals surface area contributed by atoms with Gasteiger partial charge >= 0.3 is 0 Å². The molecular formula is C15H26N2. The molecule has 0 unspecified atom stereocenters. The number of rotatable bonds is 7. The van der Waals surface area contributed by atoms with E-state index in [4.69, 9.17) is 0 Å². The van der Waals surface area contributed by atoms with Crippen LogP contribution in [0.2, 0.25) is 0 Å². The molecule has 0 aliphatic carbocycles. The molecule has 0 atom stereocenters. The Morgan fingerprint density at radius 1 is 1.18 bits per heavy atom. The van der Waals surface area contributed by atoms with Crippen LogP contribution in [0.1, 0.15) is 25.0 Å². The van der Waals surface area contributed by atoms with Crippen molar-refractivity contribution < 1.29 is 0 Å². The number of hydrogen-bond acceptors (Lipinski definition) is 2. The first-order chi connectivity index (χ1) is 8.09. The minimum Gasteiger partial charge on any atom is -0.313 e. The molecule has 0 saturated carbocycles. The molecule has 0 aliphatic heterocycles. The normalized spacial score (nSPS) is 11.4. The summed E-state index contributed by atoms with van der Waals surface area (Å²) >= 11 is 0. The smallest absolute Gasteiger partial charge is 0.0104 e. The fourth-order valence-corrected chi connectivity index (χ4v) is 1.86. The average molecular weight is 234 g/mol. The van der Waals surface area contributed by atoms with Crippen molar-refractivity contribution in [3.05, 3.63) is 35.4 Å². The lowest BCUT2D eigenvalue weighted by Crippen LogP contribution is -2.33. The van der Waals surface area contributed by atoms with Crippen LogP contribution < -0.4 is 5.32 Å². The molecule has 17 heavy (non-hydrogen) atoms. The highest BCUT2D eigenvalue weighted by Gasteiger charge is 2.01. The average Bonchev–Trinajstić information content (AvgIpc) is 2.27. The second kappa shape index (κ2) is 7.46. The molecule has 2 nitrogen and oxygen atoms in total. The molecule has 96 valence electrons. The SMILES string of the molecule is Cc1ccccc1CCN(C)CCNC(C)C. The fourth-order valence-electron chi connectivity index (χ4n) is 1.86. The van der Waals surface area contributed by atoms with Crippen LogP contribution in [-0.2, 0) is 6.42 Å². The second-order valence-corrected chi connectivity index (χ2v) is 5.09. The molecule has 0 aromatic heterocycles. The molecule has 1 rings (SSSR count). The van der Waals surface area contributed by atoms with Gasteiger partial charge < -0.3 is 10.2 Å². The zero-order chi connectivity index (χ0) is 12.7. The zero-order valence-corrected chi connectivity index (χ0v) is 11.7. The van der Waals surface area contributed by atoms with E-state index in [9.17, 15) is 0 Å². The van der Waals surface area contributed by atoms with Gasteiger partial charge in [-0.25, -0.2) is 0 Å². The number of aryl methyl sites for hydroxylation is 1. The summed E-state index contributed by atoms with van der Waals surface area (Å²) in [5, 5.41) is 3.44. The van der Waals surface area contributed by atoms with Gasteiger partial charge in [0.05, 0.1) is 0 Å². The van der Waals surface area contributed by atoms with Gasteiger partial charge in [0.2, 0.25) is 0 Å². The Kier molecular flexibility index (Phi) is 6.23. The van der Waals surface area contributed by atoms with Crippen LogP contribution in [0, 0.1) is 6.92 Å². The highest BCUT2D eigenvalue weighted by Crippen LogP contribution is 2.07. The van der Waals surface area contributed by atoms with E-state index in [-0.39, 0.29) is 0 Å². The first kappa shape index (κ1) is 14.2. The van der Waals surface area contributed by atoms with Crippen molar-refractivity contribution in [3.8, 4) is 0 Å². The Balaban J connectivity index is 2.24. The molecule has 1 N–H and O–H groups in total. The molecule has 0 aliphatic rings. The fraction of sp³-hybridized carbons (Fsp3) is 0.600. The second-order valence-electron chi connectivity index (χ2n) is 5.09. The summed E-state index contributed by atoms with van der Waals surface area (Å²) in [6, 6.07) is 9.24. The third-order valence-electron chi connectivity index (χ3n) is 3.07. The van der Waals surface area contributed by atoms with Crippen molar-refractivity contribution in [2.45, 2.75) is 33.2 Å². The van der Waals surface area contributed by atoms with Crippen molar-refractivity contribution >= 4 is 0 Å². The summed E-state index contributed by atoms with van der Waals surface area (Å²) in [6.07, 6.45) is 1.14. The Bertz CT molecular complexity index is 320. The Labute approximate surface area is 106 Å². The number of nitrogens with zero attached hydrogens (tertiary/aromatic N) is 1. The van der Waals surface area contributed by atoms with Gasteiger partial charge in [-0.15, -0.1) is 0 Å². The van der Waals surface area contributed by atoms with Crippen molar-refractivity contribution in [2.75, 3.05) is 26.7 Å². The highest BCUT2D eigenvalue weighted by atomic mass is 15.1. The largest absolute Gasteiger partial charge is 0.313 e. The van der Waals surface area contributed by atoms with Gasteiger partial charge in [-0.3, -0.25) is 0 Å². The van der Waals surface area contributed by atoms with Gasteiger partial charge in [0.1, 0.15) is 0 Å². The van der Waals surface area contributed by atoms with E-state index in [2.05, 4.69) is 62.3 Å². The van der Waals surface area contributed by atoms with Gasteiger partial charge in [-0.2, -0.15) is 0 Å². The summed E-state index contributed by atoms with van der Waals surface area (Å²) < 4.78 is 0. The molecule has 0 bridgehead atoms. The van der Waals surface area contributed by atoms with E-state index in [1.165, 1.54) is 11.1 Å². The lowest BCUT2D eigenvalue weighted by atomic mass is 10.1. The van der Waals surface area contributed by atoms with Gasteiger partial charge in [-0.1, -0.05) is 38.1 Å². The maximum absolute atomic E-state index is 3.44. The number of nitrogens with one attached hydrogen (secondary N) is 1. The zero-order valence-electron chi connectivity index (χ0n) is 11.7. The van der Waals surface area contributed by atoms with Gasteiger partial charge in [-0.05, 0) is 31.5 Å². The first-order valence-electron chi connectivity index (χ1n) is 6.56. The number of hydrogen-bond donors (Lipinski definition) is 1. The molecule has 0 saturated heterocycles. The van der Waals surface area contributed by atoms with E-state index >= 15 is 0 Å². The first-order valence-corrected chi connectivity index (χ1v) is 6.56. The molecule has 1 aromatic rings. The number of benzene rings is 1. The van der Waals surface area contributed by atoms with Crippen molar-refractivity contribution in [3.63, 3.8) is 0 Å². The lowest BCUT2D eigenvalue weighted by molar-refractivity contribution is 0.330. The van der Waals surface area contributed by atoms with Crippen LogP contribution in [0.3, 0.4) is 0 Å². The van der Waals surface area contributed by atoms with Crippen LogP contribution in [0.5, 0.6) is 0 Å². The van der Waals surface area contributed by atoms with E-state index in [1.54, 1.807) is 0 Å². The third-order valence-corrected chi connectivity index (χ3v) is 3.07. The van der Waals surface area contributed by atoms with Crippen LogP contribution in [0.15, 0.2) is 24.3 Å². The highest BCUT2D eigenvalue weighted by molar-refractivity contribution is 5.25.